The summed E-state index contributed by atoms with van der Waals surface area (Å²) in [6.07, 6.45) is 4.43. The lowest BCUT2D eigenvalue weighted by Gasteiger charge is -2.28. The highest BCUT2D eigenvalue weighted by atomic mass is 16.2. The fourth-order valence-corrected chi connectivity index (χ4v) is 4.04. The summed E-state index contributed by atoms with van der Waals surface area (Å²) < 4.78 is 0. The van der Waals surface area contributed by atoms with Crippen molar-refractivity contribution in [2.75, 3.05) is 26.2 Å². The summed E-state index contributed by atoms with van der Waals surface area (Å²) in [6, 6.07) is 10.5. The van der Waals surface area contributed by atoms with Crippen LogP contribution in [0, 0.1) is 17.3 Å². The van der Waals surface area contributed by atoms with Crippen LogP contribution in [0.3, 0.4) is 0 Å². The molecule has 0 aromatic heterocycles. The van der Waals surface area contributed by atoms with E-state index in [-0.39, 0.29) is 0 Å². The van der Waals surface area contributed by atoms with Gasteiger partial charge in [-0.1, -0.05) is 44.2 Å². The Hall–Kier alpha value is -1.35. The molecule has 0 radical (unpaired) electrons. The van der Waals surface area contributed by atoms with Gasteiger partial charge < -0.3 is 10.2 Å². The van der Waals surface area contributed by atoms with Crippen LogP contribution in [0.5, 0.6) is 0 Å². The second-order valence-corrected chi connectivity index (χ2v) is 7.78. The number of nitrogens with zero attached hydrogens (tertiary/aromatic N) is 1. The predicted octanol–water partition coefficient (Wildman–Crippen LogP) is 3.10. The van der Waals surface area contributed by atoms with Gasteiger partial charge in [0, 0.05) is 19.0 Å². The number of carbonyl (C=O) groups is 1. The van der Waals surface area contributed by atoms with Crippen LogP contribution in [0.25, 0.3) is 0 Å². The quantitative estimate of drug-likeness (QED) is 0.875. The number of nitrogens with one attached hydrogen (secondary N) is 1. The van der Waals surface area contributed by atoms with E-state index < -0.39 is 0 Å². The number of hydrogen-bond acceptors (Lipinski definition) is 2. The highest BCUT2D eigenvalue weighted by molar-refractivity contribution is 5.82. The third-order valence-electron chi connectivity index (χ3n) is 5.50. The first-order chi connectivity index (χ1) is 11.1. The minimum absolute atomic E-state index is 0.291. The zero-order valence-corrected chi connectivity index (χ0v) is 14.6. The Bertz CT molecular complexity index is 520. The number of piperidine rings is 1. The zero-order chi connectivity index (χ0) is 16.3. The summed E-state index contributed by atoms with van der Waals surface area (Å²) in [5, 5.41) is 3.42. The summed E-state index contributed by atoms with van der Waals surface area (Å²) in [4.78, 5) is 15.2. The molecule has 1 heterocycles. The molecule has 23 heavy (non-hydrogen) atoms. The third kappa shape index (κ3) is 3.95. The fraction of sp³-hybridized carbons (Fsp3) is 0.650. The largest absolute Gasteiger partial charge is 0.342 e. The standard InChI is InChI=1S/C20H30N2O/c1-16(2)15-22(13-8-17-6-4-3-5-7-17)19(23)18-14-20(18)9-11-21-12-10-20/h3-7,16,18,21H,8-15H2,1-2H3. The first kappa shape index (κ1) is 16.5. The molecule has 1 spiro atoms. The molecular weight excluding hydrogens is 284 g/mol. The highest BCUT2D eigenvalue weighted by Crippen LogP contribution is 2.59. The Kier molecular flexibility index (Phi) is 5.05. The zero-order valence-electron chi connectivity index (χ0n) is 14.6. The van der Waals surface area contributed by atoms with Crippen LogP contribution in [0.4, 0.5) is 0 Å². The van der Waals surface area contributed by atoms with E-state index in [0.717, 1.165) is 39.0 Å². The molecule has 1 amide bonds. The molecule has 3 nitrogen and oxygen atoms in total. The van der Waals surface area contributed by atoms with Crippen LogP contribution in [0.2, 0.25) is 0 Å². The Labute approximate surface area is 140 Å². The minimum atomic E-state index is 0.291. The minimum Gasteiger partial charge on any atom is -0.342 e. The van der Waals surface area contributed by atoms with E-state index in [1.165, 1.54) is 18.4 Å². The van der Waals surface area contributed by atoms with Crippen LogP contribution in [0.15, 0.2) is 30.3 Å². The lowest BCUT2D eigenvalue weighted by Crippen LogP contribution is -2.39. The van der Waals surface area contributed by atoms with Crippen molar-refractivity contribution in [1.82, 2.24) is 10.2 Å². The maximum Gasteiger partial charge on any atom is 0.226 e. The number of hydrogen-bond donors (Lipinski definition) is 1. The molecule has 2 aliphatic rings. The topological polar surface area (TPSA) is 32.3 Å². The maximum atomic E-state index is 13.0. The number of carbonyl (C=O) groups excluding carboxylic acids is 1. The Morgan fingerprint density at radius 3 is 2.61 bits per heavy atom. The van der Waals surface area contributed by atoms with Crippen molar-refractivity contribution >= 4 is 5.91 Å². The maximum absolute atomic E-state index is 13.0. The van der Waals surface area contributed by atoms with Crippen LogP contribution in [0.1, 0.15) is 38.7 Å². The number of amides is 1. The molecule has 3 heteroatoms. The van der Waals surface area contributed by atoms with Crippen LogP contribution < -0.4 is 5.32 Å². The van der Waals surface area contributed by atoms with Crippen molar-refractivity contribution in [3.05, 3.63) is 35.9 Å². The fourth-order valence-electron chi connectivity index (χ4n) is 4.04. The van der Waals surface area contributed by atoms with Gasteiger partial charge in [-0.05, 0) is 55.7 Å². The van der Waals surface area contributed by atoms with Gasteiger partial charge in [0.2, 0.25) is 5.91 Å². The summed E-state index contributed by atoms with van der Waals surface area (Å²) in [5.41, 5.74) is 1.66. The van der Waals surface area contributed by atoms with Gasteiger partial charge in [-0.15, -0.1) is 0 Å². The highest BCUT2D eigenvalue weighted by Gasteiger charge is 2.58. The second kappa shape index (κ2) is 7.04. The average molecular weight is 314 g/mol. The normalized spacial score (nSPS) is 22.3. The van der Waals surface area contributed by atoms with Gasteiger partial charge >= 0.3 is 0 Å². The van der Waals surface area contributed by atoms with E-state index in [0.29, 0.717) is 23.2 Å². The van der Waals surface area contributed by atoms with Gasteiger partial charge in [-0.25, -0.2) is 0 Å². The van der Waals surface area contributed by atoms with Gasteiger partial charge in [0.15, 0.2) is 0 Å². The lowest BCUT2D eigenvalue weighted by molar-refractivity contribution is -0.134. The number of benzene rings is 1. The first-order valence-corrected chi connectivity index (χ1v) is 9.14. The average Bonchev–Trinajstić information content (AvgIpc) is 3.25. The molecule has 1 saturated carbocycles. The first-order valence-electron chi connectivity index (χ1n) is 9.14. The van der Waals surface area contributed by atoms with Gasteiger partial charge in [0.1, 0.15) is 0 Å². The van der Waals surface area contributed by atoms with E-state index in [1.54, 1.807) is 0 Å². The molecule has 1 saturated heterocycles. The van der Waals surface area contributed by atoms with Gasteiger partial charge in [0.25, 0.3) is 0 Å². The molecule has 126 valence electrons. The van der Waals surface area contributed by atoms with E-state index in [4.69, 9.17) is 0 Å². The second-order valence-electron chi connectivity index (χ2n) is 7.78. The lowest BCUT2D eigenvalue weighted by atomic mass is 9.91. The molecule has 1 unspecified atom stereocenters. The van der Waals surface area contributed by atoms with Crippen LogP contribution >= 0.6 is 0 Å². The van der Waals surface area contributed by atoms with E-state index in [1.807, 2.05) is 6.07 Å². The van der Waals surface area contributed by atoms with Crippen molar-refractivity contribution < 1.29 is 4.79 Å². The Morgan fingerprint density at radius 2 is 1.96 bits per heavy atom. The molecule has 2 fully saturated rings. The van der Waals surface area contributed by atoms with Gasteiger partial charge in [-0.2, -0.15) is 0 Å². The van der Waals surface area contributed by atoms with Crippen LogP contribution in [-0.2, 0) is 11.2 Å². The summed E-state index contributed by atoms with van der Waals surface area (Å²) in [5.74, 6) is 1.23. The monoisotopic (exact) mass is 314 g/mol. The number of rotatable bonds is 6. The molecular formula is C20H30N2O. The van der Waals surface area contributed by atoms with Crippen molar-refractivity contribution in [3.8, 4) is 0 Å². The van der Waals surface area contributed by atoms with Crippen molar-refractivity contribution in [3.63, 3.8) is 0 Å². The molecule has 1 aliphatic heterocycles. The summed E-state index contributed by atoms with van der Waals surface area (Å²) in [6.45, 7) is 8.31. The van der Waals surface area contributed by atoms with Gasteiger partial charge in [0.05, 0.1) is 0 Å². The molecule has 1 aliphatic carbocycles. The molecule has 1 atom stereocenters. The van der Waals surface area contributed by atoms with E-state index in [2.05, 4.69) is 48.3 Å². The Morgan fingerprint density at radius 1 is 1.26 bits per heavy atom. The van der Waals surface area contributed by atoms with E-state index in [9.17, 15) is 4.79 Å². The van der Waals surface area contributed by atoms with Crippen molar-refractivity contribution in [2.24, 2.45) is 17.3 Å². The molecule has 1 aromatic rings. The summed E-state index contributed by atoms with van der Waals surface area (Å²) >= 11 is 0. The SMILES string of the molecule is CC(C)CN(CCc1ccccc1)C(=O)C1CC12CCNCC2. The molecule has 3 rings (SSSR count). The van der Waals surface area contributed by atoms with Crippen molar-refractivity contribution in [2.45, 2.75) is 39.5 Å². The Balaban J connectivity index is 1.61. The molecule has 1 aromatic carbocycles. The van der Waals surface area contributed by atoms with Crippen molar-refractivity contribution in [1.29, 1.82) is 0 Å². The third-order valence-corrected chi connectivity index (χ3v) is 5.50. The van der Waals surface area contributed by atoms with Gasteiger partial charge in [-0.3, -0.25) is 4.79 Å². The molecule has 0 bridgehead atoms. The molecule has 1 N–H and O–H groups in total. The smallest absolute Gasteiger partial charge is 0.226 e. The van der Waals surface area contributed by atoms with Crippen LogP contribution in [-0.4, -0.2) is 37.0 Å². The summed E-state index contributed by atoms with van der Waals surface area (Å²) in [7, 11) is 0. The predicted molar refractivity (Wildman–Crippen MR) is 94.2 cm³/mol. The van der Waals surface area contributed by atoms with E-state index >= 15 is 0 Å².